The fourth-order valence-corrected chi connectivity index (χ4v) is 6.01. The summed E-state index contributed by atoms with van der Waals surface area (Å²) in [6, 6.07) is 2.69. The molecule has 1 fully saturated rings. The van der Waals surface area contributed by atoms with Gasteiger partial charge in [-0.15, -0.1) is 0 Å². The molecular formula is C12H17FN2O4S2. The minimum Gasteiger partial charge on any atom is -0.399 e. The first-order chi connectivity index (χ1) is 9.67. The molecule has 0 amide bonds. The zero-order chi connectivity index (χ0) is 15.8. The molecule has 0 aliphatic carbocycles. The zero-order valence-electron chi connectivity index (χ0n) is 11.5. The summed E-state index contributed by atoms with van der Waals surface area (Å²) in [5, 5.41) is 0. The fraction of sp³-hybridized carbons (Fsp3) is 0.500. The highest BCUT2D eigenvalue weighted by Gasteiger charge is 2.38. The second-order valence-corrected chi connectivity index (χ2v) is 9.04. The molecule has 0 saturated carbocycles. The van der Waals surface area contributed by atoms with Crippen LogP contribution in [0.15, 0.2) is 23.1 Å². The van der Waals surface area contributed by atoms with Crippen molar-refractivity contribution in [2.75, 3.05) is 23.8 Å². The number of halogens is 1. The minimum absolute atomic E-state index is 0.0477. The van der Waals surface area contributed by atoms with Gasteiger partial charge < -0.3 is 5.73 Å². The first kappa shape index (κ1) is 16.2. The molecule has 1 heterocycles. The van der Waals surface area contributed by atoms with Crippen molar-refractivity contribution in [3.05, 3.63) is 24.0 Å². The van der Waals surface area contributed by atoms with Crippen LogP contribution < -0.4 is 5.73 Å². The van der Waals surface area contributed by atoms with Crippen LogP contribution in [-0.2, 0) is 19.9 Å². The van der Waals surface area contributed by atoms with E-state index in [0.29, 0.717) is 0 Å². The summed E-state index contributed by atoms with van der Waals surface area (Å²) in [6.07, 6.45) is 0.228. The van der Waals surface area contributed by atoms with Crippen molar-refractivity contribution in [1.82, 2.24) is 4.31 Å². The number of nitrogens with two attached hydrogens (primary N) is 1. The van der Waals surface area contributed by atoms with Crippen molar-refractivity contribution < 1.29 is 21.2 Å². The average Bonchev–Trinajstić information content (AvgIpc) is 2.69. The molecule has 1 atom stereocenters. The molecule has 2 N–H and O–H groups in total. The number of hydrogen-bond acceptors (Lipinski definition) is 5. The molecule has 118 valence electrons. The summed E-state index contributed by atoms with van der Waals surface area (Å²) >= 11 is 0. The fourth-order valence-electron chi connectivity index (χ4n) is 2.48. The molecular weight excluding hydrogens is 319 g/mol. The maximum Gasteiger partial charge on any atom is 0.246 e. The average molecular weight is 336 g/mol. The van der Waals surface area contributed by atoms with Gasteiger partial charge in [0.25, 0.3) is 0 Å². The van der Waals surface area contributed by atoms with Crippen LogP contribution in [-0.4, -0.2) is 45.2 Å². The lowest BCUT2D eigenvalue weighted by Crippen LogP contribution is -2.41. The third-order valence-corrected chi connectivity index (χ3v) is 7.28. The van der Waals surface area contributed by atoms with Gasteiger partial charge >= 0.3 is 0 Å². The Morgan fingerprint density at radius 1 is 1.43 bits per heavy atom. The van der Waals surface area contributed by atoms with Crippen molar-refractivity contribution in [3.63, 3.8) is 0 Å². The number of nitrogens with zero attached hydrogens (tertiary/aromatic N) is 1. The van der Waals surface area contributed by atoms with Gasteiger partial charge in [-0.2, -0.15) is 4.31 Å². The summed E-state index contributed by atoms with van der Waals surface area (Å²) in [5.74, 6) is -1.21. The minimum atomic E-state index is -4.09. The number of nitrogen functional groups attached to an aromatic ring is 1. The van der Waals surface area contributed by atoms with Gasteiger partial charge in [0.1, 0.15) is 10.7 Å². The third-order valence-electron chi connectivity index (χ3n) is 3.47. The number of sulfonamides is 1. The van der Waals surface area contributed by atoms with Gasteiger partial charge in [0, 0.05) is 18.3 Å². The van der Waals surface area contributed by atoms with Gasteiger partial charge in [0.05, 0.1) is 11.5 Å². The van der Waals surface area contributed by atoms with Crippen molar-refractivity contribution in [3.8, 4) is 0 Å². The van der Waals surface area contributed by atoms with Gasteiger partial charge in [-0.3, -0.25) is 0 Å². The molecule has 21 heavy (non-hydrogen) atoms. The summed E-state index contributed by atoms with van der Waals surface area (Å²) < 4.78 is 63.1. The quantitative estimate of drug-likeness (QED) is 0.812. The molecule has 2 rings (SSSR count). The van der Waals surface area contributed by atoms with Gasteiger partial charge in [-0.05, 0) is 24.6 Å². The van der Waals surface area contributed by atoms with Crippen molar-refractivity contribution >= 4 is 25.5 Å². The van der Waals surface area contributed by atoms with E-state index < -0.39 is 36.6 Å². The Balaban J connectivity index is 2.41. The van der Waals surface area contributed by atoms with Crippen LogP contribution in [0.25, 0.3) is 0 Å². The molecule has 1 unspecified atom stereocenters. The first-order valence-corrected chi connectivity index (χ1v) is 9.71. The van der Waals surface area contributed by atoms with Crippen LogP contribution in [0.3, 0.4) is 0 Å². The van der Waals surface area contributed by atoms with E-state index in [0.717, 1.165) is 16.4 Å². The topological polar surface area (TPSA) is 97.5 Å². The Bertz CT molecular complexity index is 747. The Hall–Kier alpha value is -1.19. The van der Waals surface area contributed by atoms with E-state index >= 15 is 0 Å². The normalized spacial score (nSPS) is 21.8. The highest BCUT2D eigenvalue weighted by molar-refractivity contribution is 7.92. The molecule has 1 aromatic carbocycles. The maximum absolute atomic E-state index is 13.9. The highest BCUT2D eigenvalue weighted by atomic mass is 32.2. The number of sulfone groups is 1. The van der Waals surface area contributed by atoms with E-state index in [4.69, 9.17) is 5.73 Å². The van der Waals surface area contributed by atoms with Crippen LogP contribution in [0, 0.1) is 5.82 Å². The maximum atomic E-state index is 13.9. The summed E-state index contributed by atoms with van der Waals surface area (Å²) in [4.78, 5) is -0.483. The van der Waals surface area contributed by atoms with Crippen LogP contribution >= 0.6 is 0 Å². The van der Waals surface area contributed by atoms with Crippen LogP contribution in [0.5, 0.6) is 0 Å². The standard InChI is InChI=1S/C12H17FN2O4S2/c1-2-15(10-5-6-20(16,17)8-10)21(18,19)12-4-3-9(14)7-11(12)13/h3-4,7,10H,2,5-6,8,14H2,1H3. The molecule has 0 radical (unpaired) electrons. The number of benzene rings is 1. The first-order valence-electron chi connectivity index (χ1n) is 6.44. The molecule has 9 heteroatoms. The van der Waals surface area contributed by atoms with Crippen molar-refractivity contribution in [2.24, 2.45) is 0 Å². The van der Waals surface area contributed by atoms with Crippen LogP contribution in [0.2, 0.25) is 0 Å². The Kier molecular flexibility index (Phi) is 4.27. The molecule has 1 aliphatic heterocycles. The molecule has 0 bridgehead atoms. The predicted molar refractivity (Wildman–Crippen MR) is 77.4 cm³/mol. The molecule has 1 saturated heterocycles. The second-order valence-electron chi connectivity index (χ2n) is 4.96. The van der Waals surface area contributed by atoms with E-state index in [9.17, 15) is 21.2 Å². The zero-order valence-corrected chi connectivity index (χ0v) is 13.1. The monoisotopic (exact) mass is 336 g/mol. The molecule has 1 aromatic rings. The Morgan fingerprint density at radius 3 is 2.57 bits per heavy atom. The van der Waals surface area contributed by atoms with Crippen molar-refractivity contribution in [1.29, 1.82) is 0 Å². The van der Waals surface area contributed by atoms with Crippen molar-refractivity contribution in [2.45, 2.75) is 24.3 Å². The van der Waals surface area contributed by atoms with E-state index in [1.165, 1.54) is 6.07 Å². The molecule has 0 aromatic heterocycles. The molecule has 1 aliphatic rings. The summed E-state index contributed by atoms with van der Waals surface area (Å²) in [5.41, 5.74) is 5.53. The molecule has 6 nitrogen and oxygen atoms in total. The smallest absolute Gasteiger partial charge is 0.246 e. The van der Waals surface area contributed by atoms with E-state index in [1.54, 1.807) is 6.92 Å². The summed E-state index contributed by atoms with van der Waals surface area (Å²) in [7, 11) is -7.32. The van der Waals surface area contributed by atoms with Crippen LogP contribution in [0.4, 0.5) is 10.1 Å². The van der Waals surface area contributed by atoms with E-state index in [-0.39, 0.29) is 30.2 Å². The predicted octanol–water partition coefficient (Wildman–Crippen LogP) is 0.606. The lowest BCUT2D eigenvalue weighted by Gasteiger charge is -2.26. The van der Waals surface area contributed by atoms with Gasteiger partial charge in [0.2, 0.25) is 10.0 Å². The van der Waals surface area contributed by atoms with Gasteiger partial charge in [-0.25, -0.2) is 21.2 Å². The Labute approximate surface area is 123 Å². The largest absolute Gasteiger partial charge is 0.399 e. The second kappa shape index (κ2) is 5.54. The van der Waals surface area contributed by atoms with Gasteiger partial charge in [0.15, 0.2) is 9.84 Å². The number of rotatable bonds is 4. The van der Waals surface area contributed by atoms with E-state index in [2.05, 4.69) is 0 Å². The lowest BCUT2D eigenvalue weighted by molar-refractivity contribution is 0.352. The van der Waals surface area contributed by atoms with E-state index in [1.807, 2.05) is 0 Å². The Morgan fingerprint density at radius 2 is 2.10 bits per heavy atom. The lowest BCUT2D eigenvalue weighted by atomic mass is 10.3. The highest BCUT2D eigenvalue weighted by Crippen LogP contribution is 2.27. The summed E-state index contributed by atoms with van der Waals surface area (Å²) in [6.45, 7) is 1.67. The third kappa shape index (κ3) is 3.19. The molecule has 0 spiro atoms. The number of hydrogen-bond donors (Lipinski definition) is 1. The van der Waals surface area contributed by atoms with Gasteiger partial charge in [-0.1, -0.05) is 6.92 Å². The van der Waals surface area contributed by atoms with Crippen LogP contribution in [0.1, 0.15) is 13.3 Å². The number of anilines is 1. The SMILES string of the molecule is CCN(C1CCS(=O)(=O)C1)S(=O)(=O)c1ccc(N)cc1F.